The largest absolute Gasteiger partial charge is 0.388 e. The Balaban J connectivity index is 1.35. The van der Waals surface area contributed by atoms with Gasteiger partial charge in [0.05, 0.1) is 19.1 Å². The van der Waals surface area contributed by atoms with Crippen molar-refractivity contribution in [1.82, 2.24) is 40.5 Å². The average Bonchev–Trinajstić information content (AvgIpc) is 3.87. The Morgan fingerprint density at radius 3 is 2.64 bits per heavy atom. The van der Waals surface area contributed by atoms with Crippen LogP contribution in [0.15, 0.2) is 48.9 Å². The number of amides is 5. The van der Waals surface area contributed by atoms with Crippen LogP contribution in [0.5, 0.6) is 0 Å². The van der Waals surface area contributed by atoms with Gasteiger partial charge in [0.1, 0.15) is 36.9 Å². The van der Waals surface area contributed by atoms with E-state index in [4.69, 9.17) is 4.74 Å². The van der Waals surface area contributed by atoms with Gasteiger partial charge in [-0.1, -0.05) is 32.0 Å². The molecule has 1 aromatic carbocycles. The number of para-hydroxylation sites is 1. The summed E-state index contributed by atoms with van der Waals surface area (Å²) in [6.45, 7) is 3.64. The van der Waals surface area contributed by atoms with Crippen LogP contribution in [0.4, 0.5) is 0 Å². The second-order valence-electron chi connectivity index (χ2n) is 13.8. The highest BCUT2D eigenvalue weighted by Gasteiger charge is 2.41. The van der Waals surface area contributed by atoms with Crippen LogP contribution < -0.4 is 16.0 Å². The van der Waals surface area contributed by atoms with Crippen LogP contribution in [0.25, 0.3) is 10.9 Å². The van der Waals surface area contributed by atoms with Gasteiger partial charge in [-0.3, -0.25) is 28.7 Å². The zero-order valence-electron chi connectivity index (χ0n) is 28.4. The minimum atomic E-state index is -1.21. The van der Waals surface area contributed by atoms with E-state index in [1.165, 1.54) is 20.7 Å². The van der Waals surface area contributed by atoms with Crippen molar-refractivity contribution >= 4 is 40.4 Å². The Bertz CT molecular complexity index is 1690. The number of aliphatic hydroxyl groups is 1. The van der Waals surface area contributed by atoms with Gasteiger partial charge in [-0.05, 0) is 49.3 Å². The number of fused-ring (bicyclic) bond motifs is 4. The molecule has 2 aromatic heterocycles. The second-order valence-corrected chi connectivity index (χ2v) is 13.8. The number of nitrogens with zero attached hydrogens (tertiary/aromatic N) is 4. The van der Waals surface area contributed by atoms with Gasteiger partial charge < -0.3 is 40.6 Å². The third kappa shape index (κ3) is 7.99. The molecular formula is C35H46N8O7. The number of aliphatic hydroxyl groups excluding tert-OH is 1. The van der Waals surface area contributed by atoms with Crippen LogP contribution in [0.2, 0.25) is 0 Å². The van der Waals surface area contributed by atoms with E-state index in [2.05, 4.69) is 26.0 Å². The Morgan fingerprint density at radius 1 is 1.04 bits per heavy atom. The summed E-state index contributed by atoms with van der Waals surface area (Å²) in [7, 11) is 0. The number of aromatic amines is 1. The number of rotatable bonds is 6. The van der Waals surface area contributed by atoms with Crippen molar-refractivity contribution in [2.45, 2.75) is 88.9 Å². The lowest BCUT2D eigenvalue weighted by molar-refractivity contribution is -0.146. The van der Waals surface area contributed by atoms with E-state index >= 15 is 0 Å². The predicted octanol–water partition coefficient (Wildman–Crippen LogP) is 0.0906. The molecule has 3 aliphatic heterocycles. The van der Waals surface area contributed by atoms with E-state index < -0.39 is 72.5 Å². The number of benzene rings is 1. The molecule has 0 saturated carbocycles. The van der Waals surface area contributed by atoms with Gasteiger partial charge in [0.2, 0.25) is 29.5 Å². The van der Waals surface area contributed by atoms with E-state index in [0.717, 1.165) is 16.5 Å². The van der Waals surface area contributed by atoms with Crippen molar-refractivity contribution in [2.24, 2.45) is 5.92 Å². The van der Waals surface area contributed by atoms with Crippen LogP contribution >= 0.6 is 0 Å². The van der Waals surface area contributed by atoms with Gasteiger partial charge in [0.25, 0.3) is 0 Å². The lowest BCUT2D eigenvalue weighted by Crippen LogP contribution is -2.60. The predicted molar refractivity (Wildman–Crippen MR) is 181 cm³/mol. The molecule has 6 rings (SSSR count). The summed E-state index contributed by atoms with van der Waals surface area (Å²) >= 11 is 0. The maximum atomic E-state index is 14.4. The van der Waals surface area contributed by atoms with Crippen LogP contribution in [0.3, 0.4) is 0 Å². The highest BCUT2D eigenvalue weighted by Crippen LogP contribution is 2.24. The fourth-order valence-corrected chi connectivity index (χ4v) is 7.19. The fourth-order valence-electron chi connectivity index (χ4n) is 7.19. The zero-order chi connectivity index (χ0) is 35.4. The molecule has 15 nitrogen and oxygen atoms in total. The molecule has 50 heavy (non-hydrogen) atoms. The van der Waals surface area contributed by atoms with Crippen molar-refractivity contribution in [1.29, 1.82) is 0 Å². The molecule has 3 aromatic rings. The molecule has 0 radical (unpaired) electrons. The van der Waals surface area contributed by atoms with E-state index in [0.29, 0.717) is 32.2 Å². The smallest absolute Gasteiger partial charge is 0.246 e. The summed E-state index contributed by atoms with van der Waals surface area (Å²) in [6, 6.07) is 5.78. The van der Waals surface area contributed by atoms with Crippen LogP contribution in [-0.4, -0.2) is 122 Å². The number of hydrogen-bond acceptors (Lipinski definition) is 8. The van der Waals surface area contributed by atoms with Gasteiger partial charge in [-0.2, -0.15) is 5.10 Å². The van der Waals surface area contributed by atoms with E-state index in [9.17, 15) is 29.1 Å². The van der Waals surface area contributed by atoms with Crippen molar-refractivity contribution in [3.8, 4) is 0 Å². The topological polar surface area (TPSA) is 191 Å². The van der Waals surface area contributed by atoms with Gasteiger partial charge in [0, 0.05) is 49.1 Å². The van der Waals surface area contributed by atoms with Crippen molar-refractivity contribution in [2.75, 3.05) is 26.2 Å². The number of H-pyrrole nitrogens is 1. The van der Waals surface area contributed by atoms with Crippen molar-refractivity contribution < 1.29 is 33.8 Å². The molecule has 3 saturated heterocycles. The molecule has 2 bridgehead atoms. The lowest BCUT2D eigenvalue weighted by Gasteiger charge is -2.38. The number of carbonyl (C=O) groups excluding carboxylic acids is 5. The van der Waals surface area contributed by atoms with Crippen LogP contribution in [0.1, 0.15) is 45.1 Å². The molecule has 3 aliphatic rings. The average molecular weight is 691 g/mol. The minimum absolute atomic E-state index is 0.0546. The summed E-state index contributed by atoms with van der Waals surface area (Å²) in [4.78, 5) is 75.4. The summed E-state index contributed by atoms with van der Waals surface area (Å²) in [5, 5.41) is 25.1. The van der Waals surface area contributed by atoms with Crippen LogP contribution in [0, 0.1) is 5.92 Å². The quantitative estimate of drug-likeness (QED) is 0.240. The molecule has 0 spiro atoms. The van der Waals surface area contributed by atoms with Crippen LogP contribution in [-0.2, 0) is 41.7 Å². The summed E-state index contributed by atoms with van der Waals surface area (Å²) < 4.78 is 7.33. The number of carbonyl (C=O) groups is 5. The summed E-state index contributed by atoms with van der Waals surface area (Å²) in [5.74, 6) is -2.31. The lowest BCUT2D eigenvalue weighted by atomic mass is 9.97. The number of ether oxygens (including phenoxy) is 1. The van der Waals surface area contributed by atoms with Crippen molar-refractivity contribution in [3.63, 3.8) is 0 Å². The maximum Gasteiger partial charge on any atom is 0.246 e. The zero-order valence-corrected chi connectivity index (χ0v) is 28.4. The first-order valence-electron chi connectivity index (χ1n) is 17.4. The first-order chi connectivity index (χ1) is 24.1. The number of nitrogens with one attached hydrogen (secondary N) is 4. The standard InChI is InChI=1S/C35H46N8O7/c1-21(2)15-26-33(47)39-25-10-14-50-29(32(25)46)18-41(31(45)20-42-12-6-11-37-42)19-30(44)38-27(16-22-17-36-24-8-4-3-7-23(22)24)35(49)43-13-5-9-28(43)34(48)40-26/h3-4,6-8,11-12,17,21,25-29,32,36,46H,5,9-10,13-16,18-20H2,1-2H3,(H,38,44)(H,39,47)(H,40,48)/t25-,26+,27+,28+,29+,32-/m0/s1. The Labute approximate surface area is 290 Å². The van der Waals surface area contributed by atoms with Gasteiger partial charge in [-0.15, -0.1) is 0 Å². The molecule has 0 unspecified atom stereocenters. The SMILES string of the molecule is CC(C)C[C@H]1NC(=O)[C@H]2CCCN2C(=O)[C@@H](Cc2c[nH]c3ccccc23)NC(=O)CN(C(=O)Cn2cccn2)C[C@H]2OCC[C@H](NC1=O)[C@@H]2O. The molecule has 15 heteroatoms. The van der Waals surface area contributed by atoms with E-state index in [1.54, 1.807) is 18.5 Å². The van der Waals surface area contributed by atoms with E-state index in [1.807, 2.05) is 38.1 Å². The van der Waals surface area contributed by atoms with Crippen molar-refractivity contribution in [3.05, 3.63) is 54.5 Å². The number of aromatic nitrogens is 3. The molecule has 5 heterocycles. The monoisotopic (exact) mass is 690 g/mol. The van der Waals surface area contributed by atoms with Gasteiger partial charge >= 0.3 is 0 Å². The number of hydrogen-bond donors (Lipinski definition) is 5. The molecular weight excluding hydrogens is 644 g/mol. The first kappa shape index (κ1) is 35.1. The molecule has 5 N–H and O–H groups in total. The molecule has 268 valence electrons. The maximum absolute atomic E-state index is 14.4. The third-order valence-electron chi connectivity index (χ3n) is 9.74. The Kier molecular flexibility index (Phi) is 10.8. The Morgan fingerprint density at radius 2 is 1.86 bits per heavy atom. The Hall–Kier alpha value is -4.76. The molecule has 3 fully saturated rings. The minimum Gasteiger partial charge on any atom is -0.388 e. The summed E-state index contributed by atoms with van der Waals surface area (Å²) in [6.07, 6.45) is 4.59. The molecule has 6 atom stereocenters. The van der Waals surface area contributed by atoms with E-state index in [-0.39, 0.29) is 32.0 Å². The highest BCUT2D eigenvalue weighted by molar-refractivity contribution is 5.96. The highest BCUT2D eigenvalue weighted by atomic mass is 16.5. The van der Waals surface area contributed by atoms with Gasteiger partial charge in [-0.25, -0.2) is 0 Å². The summed E-state index contributed by atoms with van der Waals surface area (Å²) in [5.41, 5.74) is 1.67. The molecule has 0 aliphatic carbocycles. The second kappa shape index (κ2) is 15.4. The molecule has 5 amide bonds. The fraction of sp³-hybridized carbons (Fsp3) is 0.543. The third-order valence-corrected chi connectivity index (χ3v) is 9.74. The van der Waals surface area contributed by atoms with Gasteiger partial charge in [0.15, 0.2) is 0 Å². The first-order valence-corrected chi connectivity index (χ1v) is 17.4. The normalized spacial score (nSPS) is 27.1.